The number of halogens is 2. The fourth-order valence-corrected chi connectivity index (χ4v) is 1.89. The second-order valence-corrected chi connectivity index (χ2v) is 5.08. The average molecular weight is 286 g/mol. The predicted molar refractivity (Wildman–Crippen MR) is 63.8 cm³/mol. The normalized spacial score (nSPS) is 16.9. The van der Waals surface area contributed by atoms with Gasteiger partial charge >= 0.3 is 0 Å². The first kappa shape index (κ1) is 11.6. The number of hydrogen-bond donors (Lipinski definition) is 1. The Hall–Kier alpha value is -0.900. The highest BCUT2D eigenvalue weighted by Crippen LogP contribution is 2.32. The van der Waals surface area contributed by atoms with Crippen LogP contribution in [0.25, 0.3) is 0 Å². The Kier molecular flexibility index (Phi) is 3.28. The maximum Gasteiger partial charge on any atom is 0.251 e. The highest BCUT2D eigenvalue weighted by molar-refractivity contribution is 9.10. The van der Waals surface area contributed by atoms with E-state index in [2.05, 4.69) is 21.2 Å². The van der Waals surface area contributed by atoms with Crippen molar-refractivity contribution in [2.24, 2.45) is 5.92 Å². The summed E-state index contributed by atoms with van der Waals surface area (Å²) in [5, 5.41) is 2.88. The summed E-state index contributed by atoms with van der Waals surface area (Å²) in [4.78, 5) is 11.8. The van der Waals surface area contributed by atoms with Crippen molar-refractivity contribution in [2.45, 2.75) is 25.8 Å². The summed E-state index contributed by atoms with van der Waals surface area (Å²) in [6.45, 7) is 1.99. The van der Waals surface area contributed by atoms with Gasteiger partial charge in [0.2, 0.25) is 0 Å². The zero-order valence-electron chi connectivity index (χ0n) is 8.97. The largest absolute Gasteiger partial charge is 0.349 e. The zero-order valence-corrected chi connectivity index (χ0v) is 10.6. The van der Waals surface area contributed by atoms with Crippen molar-refractivity contribution < 1.29 is 9.18 Å². The van der Waals surface area contributed by atoms with Crippen LogP contribution in [0.1, 0.15) is 30.1 Å². The third-order valence-electron chi connectivity index (χ3n) is 2.87. The van der Waals surface area contributed by atoms with Gasteiger partial charge in [0.1, 0.15) is 5.82 Å². The molecule has 2 rings (SSSR count). The van der Waals surface area contributed by atoms with Crippen LogP contribution in [0.15, 0.2) is 22.7 Å². The highest BCUT2D eigenvalue weighted by atomic mass is 79.9. The van der Waals surface area contributed by atoms with Gasteiger partial charge in [-0.3, -0.25) is 4.79 Å². The Balaban J connectivity index is 2.05. The van der Waals surface area contributed by atoms with Gasteiger partial charge in [-0.25, -0.2) is 4.39 Å². The molecule has 2 nitrogen and oxygen atoms in total. The number of carbonyl (C=O) groups is 1. The minimum absolute atomic E-state index is 0.180. The summed E-state index contributed by atoms with van der Waals surface area (Å²) in [6.07, 6.45) is 2.35. The standard InChI is InChI=1S/C12H13BrFNO/c1-7(8-2-3-8)15-12(16)9-4-5-10(13)11(14)6-9/h4-8H,2-3H2,1H3,(H,15,16). The Bertz CT molecular complexity index is 417. The van der Waals surface area contributed by atoms with Crippen molar-refractivity contribution in [3.8, 4) is 0 Å². The van der Waals surface area contributed by atoms with E-state index in [9.17, 15) is 9.18 Å². The van der Waals surface area contributed by atoms with Crippen LogP contribution in [0.5, 0.6) is 0 Å². The molecule has 1 saturated carbocycles. The molecule has 1 aliphatic rings. The van der Waals surface area contributed by atoms with Crippen LogP contribution < -0.4 is 5.32 Å². The molecule has 86 valence electrons. The van der Waals surface area contributed by atoms with Gasteiger partial charge in [-0.15, -0.1) is 0 Å². The van der Waals surface area contributed by atoms with Gasteiger partial charge in [0.05, 0.1) is 4.47 Å². The molecule has 1 fully saturated rings. The molecule has 0 aromatic heterocycles. The molecule has 1 aromatic rings. The van der Waals surface area contributed by atoms with Gasteiger partial charge in [-0.1, -0.05) is 0 Å². The van der Waals surface area contributed by atoms with Gasteiger partial charge in [-0.05, 0) is 59.8 Å². The Morgan fingerprint density at radius 1 is 1.56 bits per heavy atom. The number of benzene rings is 1. The molecule has 0 bridgehead atoms. The average Bonchev–Trinajstić information content (AvgIpc) is 3.05. The molecular formula is C12H13BrFNO. The zero-order chi connectivity index (χ0) is 11.7. The maximum atomic E-state index is 13.2. The molecular weight excluding hydrogens is 273 g/mol. The van der Waals surface area contributed by atoms with E-state index in [1.54, 1.807) is 12.1 Å². The lowest BCUT2D eigenvalue weighted by molar-refractivity contribution is 0.0935. The lowest BCUT2D eigenvalue weighted by Crippen LogP contribution is -2.34. The van der Waals surface area contributed by atoms with E-state index in [4.69, 9.17) is 0 Å². The molecule has 1 unspecified atom stereocenters. The molecule has 1 N–H and O–H groups in total. The quantitative estimate of drug-likeness (QED) is 0.908. The third-order valence-corrected chi connectivity index (χ3v) is 3.51. The van der Waals surface area contributed by atoms with E-state index in [-0.39, 0.29) is 11.9 Å². The lowest BCUT2D eigenvalue weighted by atomic mass is 10.1. The maximum absolute atomic E-state index is 13.2. The molecule has 1 amide bonds. The van der Waals surface area contributed by atoms with Crippen LogP contribution in [0.4, 0.5) is 4.39 Å². The molecule has 1 atom stereocenters. The summed E-state index contributed by atoms with van der Waals surface area (Å²) in [5.74, 6) is -0.0122. The Morgan fingerprint density at radius 3 is 2.81 bits per heavy atom. The predicted octanol–water partition coefficient (Wildman–Crippen LogP) is 3.12. The Labute approximate surface area is 102 Å². The second kappa shape index (κ2) is 4.53. The summed E-state index contributed by atoms with van der Waals surface area (Å²) in [7, 11) is 0. The van der Waals surface area contributed by atoms with E-state index < -0.39 is 5.82 Å². The minimum atomic E-state index is -0.410. The molecule has 0 saturated heterocycles. The van der Waals surface area contributed by atoms with Crippen molar-refractivity contribution in [3.05, 3.63) is 34.1 Å². The van der Waals surface area contributed by atoms with E-state index >= 15 is 0 Å². The summed E-state index contributed by atoms with van der Waals surface area (Å²) >= 11 is 3.06. The first-order valence-electron chi connectivity index (χ1n) is 5.34. The summed E-state index contributed by atoms with van der Waals surface area (Å²) in [5.41, 5.74) is 0.369. The van der Waals surface area contributed by atoms with Crippen LogP contribution in [0.2, 0.25) is 0 Å². The van der Waals surface area contributed by atoms with Crippen LogP contribution in [0.3, 0.4) is 0 Å². The number of rotatable bonds is 3. The number of amides is 1. The smallest absolute Gasteiger partial charge is 0.251 e. The van der Waals surface area contributed by atoms with Crippen molar-refractivity contribution in [1.82, 2.24) is 5.32 Å². The third kappa shape index (κ3) is 2.61. The van der Waals surface area contributed by atoms with Crippen molar-refractivity contribution >= 4 is 21.8 Å². The number of hydrogen-bond acceptors (Lipinski definition) is 1. The number of nitrogens with one attached hydrogen (secondary N) is 1. The molecule has 16 heavy (non-hydrogen) atoms. The molecule has 4 heteroatoms. The van der Waals surface area contributed by atoms with Crippen molar-refractivity contribution in [2.75, 3.05) is 0 Å². The molecule has 0 radical (unpaired) electrons. The van der Waals surface area contributed by atoms with Crippen LogP contribution in [0, 0.1) is 11.7 Å². The fourth-order valence-electron chi connectivity index (χ4n) is 1.64. The highest BCUT2D eigenvalue weighted by Gasteiger charge is 2.29. The van der Waals surface area contributed by atoms with E-state index in [0.717, 1.165) is 0 Å². The SMILES string of the molecule is CC(NC(=O)c1ccc(Br)c(F)c1)C1CC1. The monoisotopic (exact) mass is 285 g/mol. The summed E-state index contributed by atoms with van der Waals surface area (Å²) < 4.78 is 13.6. The summed E-state index contributed by atoms with van der Waals surface area (Å²) in [6, 6.07) is 4.59. The van der Waals surface area contributed by atoms with E-state index in [1.165, 1.54) is 18.9 Å². The van der Waals surface area contributed by atoms with Gasteiger partial charge in [-0.2, -0.15) is 0 Å². The Morgan fingerprint density at radius 2 is 2.25 bits per heavy atom. The van der Waals surface area contributed by atoms with Gasteiger partial charge in [0.15, 0.2) is 0 Å². The van der Waals surface area contributed by atoms with Crippen molar-refractivity contribution in [3.63, 3.8) is 0 Å². The first-order valence-corrected chi connectivity index (χ1v) is 6.13. The molecule has 1 aromatic carbocycles. The molecule has 1 aliphatic carbocycles. The number of carbonyl (C=O) groups excluding carboxylic acids is 1. The fraction of sp³-hybridized carbons (Fsp3) is 0.417. The molecule has 0 heterocycles. The van der Waals surface area contributed by atoms with Crippen molar-refractivity contribution in [1.29, 1.82) is 0 Å². The van der Waals surface area contributed by atoms with Crippen LogP contribution in [-0.2, 0) is 0 Å². The minimum Gasteiger partial charge on any atom is -0.349 e. The van der Waals surface area contributed by atoms with Gasteiger partial charge < -0.3 is 5.32 Å². The van der Waals surface area contributed by atoms with Crippen LogP contribution in [-0.4, -0.2) is 11.9 Å². The molecule has 0 aliphatic heterocycles. The van der Waals surface area contributed by atoms with Gasteiger partial charge in [0.25, 0.3) is 5.91 Å². The molecule has 0 spiro atoms. The van der Waals surface area contributed by atoms with E-state index in [1.807, 2.05) is 6.92 Å². The van der Waals surface area contributed by atoms with E-state index in [0.29, 0.717) is 16.0 Å². The van der Waals surface area contributed by atoms with Gasteiger partial charge in [0, 0.05) is 11.6 Å². The van der Waals surface area contributed by atoms with Crippen LogP contribution >= 0.6 is 15.9 Å². The topological polar surface area (TPSA) is 29.1 Å². The second-order valence-electron chi connectivity index (χ2n) is 4.23. The lowest BCUT2D eigenvalue weighted by Gasteiger charge is -2.12. The first-order chi connectivity index (χ1) is 7.58.